The molecule has 8 heteroatoms. The van der Waals surface area contributed by atoms with Gasteiger partial charge in [-0.1, -0.05) is 0 Å². The molecule has 1 aromatic rings. The highest BCUT2D eigenvalue weighted by Crippen LogP contribution is 2.40. The lowest BCUT2D eigenvalue weighted by Gasteiger charge is -2.32. The van der Waals surface area contributed by atoms with Crippen LogP contribution in [0.3, 0.4) is 0 Å². The Hall–Kier alpha value is -1.28. The van der Waals surface area contributed by atoms with E-state index in [9.17, 15) is 17.6 Å². The quantitative estimate of drug-likeness (QED) is 0.619. The van der Waals surface area contributed by atoms with E-state index in [0.29, 0.717) is 6.07 Å². The third-order valence-electron chi connectivity index (χ3n) is 4.14. The highest BCUT2D eigenvalue weighted by atomic mass is 19.4. The van der Waals surface area contributed by atoms with Crippen LogP contribution in [0.5, 0.6) is 5.75 Å². The fourth-order valence-corrected chi connectivity index (χ4v) is 2.20. The van der Waals surface area contributed by atoms with E-state index < -0.39 is 41.6 Å². The molecule has 0 amide bonds. The molecule has 0 aliphatic carbocycles. The Labute approximate surface area is 126 Å². The Morgan fingerprint density at radius 2 is 1.55 bits per heavy atom. The van der Waals surface area contributed by atoms with Crippen molar-refractivity contribution in [1.82, 2.24) is 0 Å². The van der Waals surface area contributed by atoms with Crippen molar-refractivity contribution in [3.63, 3.8) is 0 Å². The monoisotopic (exact) mass is 320 g/mol. The van der Waals surface area contributed by atoms with Crippen molar-refractivity contribution in [3.05, 3.63) is 23.5 Å². The molecule has 1 saturated heterocycles. The predicted octanol–water partition coefficient (Wildman–Crippen LogP) is 3.15. The zero-order valence-corrected chi connectivity index (χ0v) is 13.0. The van der Waals surface area contributed by atoms with E-state index in [4.69, 9.17) is 14.0 Å². The second kappa shape index (κ2) is 5.13. The van der Waals surface area contributed by atoms with Crippen LogP contribution in [0.25, 0.3) is 0 Å². The lowest BCUT2D eigenvalue weighted by Crippen LogP contribution is -2.41. The maximum Gasteiger partial charge on any atom is 0.501 e. The number of halogens is 4. The number of rotatable bonds is 2. The Morgan fingerprint density at radius 3 is 1.95 bits per heavy atom. The summed E-state index contributed by atoms with van der Waals surface area (Å²) in [5.74, 6) is -1.49. The molecule has 0 radical (unpaired) electrons. The fourth-order valence-electron chi connectivity index (χ4n) is 2.20. The van der Waals surface area contributed by atoms with Gasteiger partial charge in [-0.15, -0.1) is 0 Å². The van der Waals surface area contributed by atoms with Crippen molar-refractivity contribution in [2.45, 2.75) is 45.1 Å². The smallest absolute Gasteiger partial charge is 0.496 e. The highest BCUT2D eigenvalue weighted by molar-refractivity contribution is 6.63. The van der Waals surface area contributed by atoms with E-state index in [1.54, 1.807) is 27.7 Å². The third kappa shape index (κ3) is 2.69. The molecule has 1 fully saturated rings. The van der Waals surface area contributed by atoms with Crippen molar-refractivity contribution in [1.29, 1.82) is 0 Å². The van der Waals surface area contributed by atoms with Gasteiger partial charge < -0.3 is 14.0 Å². The van der Waals surface area contributed by atoms with Gasteiger partial charge in [0.05, 0.1) is 29.3 Å². The molecule has 1 heterocycles. The van der Waals surface area contributed by atoms with E-state index in [2.05, 4.69) is 0 Å². The molecule has 0 spiro atoms. The fraction of sp³-hybridized carbons (Fsp3) is 0.571. The number of hydrogen-bond acceptors (Lipinski definition) is 3. The van der Waals surface area contributed by atoms with E-state index >= 15 is 0 Å². The molecule has 122 valence electrons. The van der Waals surface area contributed by atoms with Crippen LogP contribution in [0, 0.1) is 5.82 Å². The number of alkyl halides is 3. The molecule has 0 atom stereocenters. The van der Waals surface area contributed by atoms with Crippen LogP contribution in [0.1, 0.15) is 33.3 Å². The lowest BCUT2D eigenvalue weighted by atomic mass is 9.76. The van der Waals surface area contributed by atoms with Crippen molar-refractivity contribution >= 4 is 12.6 Å². The molecule has 1 aliphatic rings. The van der Waals surface area contributed by atoms with Gasteiger partial charge in [-0.3, -0.25) is 0 Å². The zero-order valence-electron chi connectivity index (χ0n) is 13.0. The summed E-state index contributed by atoms with van der Waals surface area (Å²) in [5, 5.41) is 0. The molecule has 3 nitrogen and oxygen atoms in total. The Balaban J connectivity index is 2.57. The summed E-state index contributed by atoms with van der Waals surface area (Å²) >= 11 is 0. The third-order valence-corrected chi connectivity index (χ3v) is 4.14. The number of methoxy groups -OCH3 is 1. The Morgan fingerprint density at radius 1 is 1.05 bits per heavy atom. The van der Waals surface area contributed by atoms with Crippen molar-refractivity contribution in [2.75, 3.05) is 7.11 Å². The first-order valence-electron chi connectivity index (χ1n) is 6.70. The predicted molar refractivity (Wildman–Crippen MR) is 73.7 cm³/mol. The molecule has 2 rings (SSSR count). The van der Waals surface area contributed by atoms with E-state index in [1.807, 2.05) is 0 Å². The van der Waals surface area contributed by atoms with Gasteiger partial charge in [-0.25, -0.2) is 4.39 Å². The molecule has 1 aliphatic heterocycles. The normalized spacial score (nSPS) is 20.3. The first-order valence-corrected chi connectivity index (χ1v) is 6.70. The first kappa shape index (κ1) is 17.1. The summed E-state index contributed by atoms with van der Waals surface area (Å²) in [5.41, 5.74) is -3.05. The van der Waals surface area contributed by atoms with Crippen LogP contribution < -0.4 is 10.2 Å². The Kier molecular flexibility index (Phi) is 3.98. The van der Waals surface area contributed by atoms with Gasteiger partial charge in [0, 0.05) is 0 Å². The van der Waals surface area contributed by atoms with Crippen LogP contribution >= 0.6 is 0 Å². The van der Waals surface area contributed by atoms with Crippen LogP contribution in [0.4, 0.5) is 17.6 Å². The second-order valence-corrected chi connectivity index (χ2v) is 6.13. The van der Waals surface area contributed by atoms with E-state index in [1.165, 1.54) is 0 Å². The van der Waals surface area contributed by atoms with Gasteiger partial charge in [0.2, 0.25) is 0 Å². The summed E-state index contributed by atoms with van der Waals surface area (Å²) < 4.78 is 69.4. The summed E-state index contributed by atoms with van der Waals surface area (Å²) in [4.78, 5) is 0. The molecule has 0 unspecified atom stereocenters. The van der Waals surface area contributed by atoms with Crippen molar-refractivity contribution < 1.29 is 31.6 Å². The SMILES string of the molecule is COc1c(C(F)(F)F)ccc(F)c1B1OC(C)(C)C(C)(C)O1. The molecule has 0 bridgehead atoms. The maximum atomic E-state index is 14.2. The molecule has 0 aromatic heterocycles. The van der Waals surface area contributed by atoms with Crippen LogP contribution in [0.2, 0.25) is 0 Å². The standard InChI is InChI=1S/C14H17BF4O3/c1-12(2)13(3,4)22-15(21-12)10-9(16)7-6-8(11(10)20-5)14(17,18)19/h6-7H,1-5H3. The number of benzene rings is 1. The molecule has 1 aromatic carbocycles. The maximum absolute atomic E-state index is 14.2. The van der Waals surface area contributed by atoms with Gasteiger partial charge in [-0.05, 0) is 39.8 Å². The Bertz CT molecular complexity index is 568. The van der Waals surface area contributed by atoms with Gasteiger partial charge in [0.25, 0.3) is 0 Å². The van der Waals surface area contributed by atoms with Crippen LogP contribution in [-0.2, 0) is 15.5 Å². The summed E-state index contributed by atoms with van der Waals surface area (Å²) in [7, 11) is -0.221. The lowest BCUT2D eigenvalue weighted by molar-refractivity contribution is -0.138. The van der Waals surface area contributed by atoms with E-state index in [0.717, 1.165) is 13.2 Å². The van der Waals surface area contributed by atoms with Crippen LogP contribution in [0.15, 0.2) is 12.1 Å². The summed E-state index contributed by atoms with van der Waals surface area (Å²) in [6.07, 6.45) is -4.67. The van der Waals surface area contributed by atoms with E-state index in [-0.39, 0.29) is 5.46 Å². The molecule has 0 saturated carbocycles. The minimum Gasteiger partial charge on any atom is -0.496 e. The number of hydrogen-bond donors (Lipinski definition) is 0. The molecule has 22 heavy (non-hydrogen) atoms. The largest absolute Gasteiger partial charge is 0.501 e. The zero-order chi connectivity index (χ0) is 16.9. The molecular formula is C14H17BF4O3. The van der Waals surface area contributed by atoms with Gasteiger partial charge in [-0.2, -0.15) is 13.2 Å². The van der Waals surface area contributed by atoms with Gasteiger partial charge >= 0.3 is 13.3 Å². The topological polar surface area (TPSA) is 27.7 Å². The van der Waals surface area contributed by atoms with Crippen molar-refractivity contribution in [3.8, 4) is 5.75 Å². The number of ether oxygens (including phenoxy) is 1. The van der Waals surface area contributed by atoms with Gasteiger partial charge in [0.1, 0.15) is 11.6 Å². The minimum absolute atomic E-state index is 0.379. The second-order valence-electron chi connectivity index (χ2n) is 6.13. The molecular weight excluding hydrogens is 303 g/mol. The molecule has 0 N–H and O–H groups in total. The van der Waals surface area contributed by atoms with Crippen LogP contribution in [-0.4, -0.2) is 25.4 Å². The average Bonchev–Trinajstić information content (AvgIpc) is 2.55. The van der Waals surface area contributed by atoms with Gasteiger partial charge in [0.15, 0.2) is 0 Å². The summed E-state index contributed by atoms with van der Waals surface area (Å²) in [6.45, 7) is 6.91. The summed E-state index contributed by atoms with van der Waals surface area (Å²) in [6, 6.07) is 1.38. The van der Waals surface area contributed by atoms with Crippen molar-refractivity contribution in [2.24, 2.45) is 0 Å². The minimum atomic E-state index is -4.67. The average molecular weight is 320 g/mol. The highest BCUT2D eigenvalue weighted by Gasteiger charge is 2.54. The first-order chi connectivity index (χ1) is 9.90.